The van der Waals surface area contributed by atoms with Crippen LogP contribution in [0.1, 0.15) is 169 Å². The molecule has 4 aliphatic carbocycles. The van der Waals surface area contributed by atoms with Crippen molar-refractivity contribution in [1.29, 1.82) is 0 Å². The average Bonchev–Trinajstić information content (AvgIpc) is 3.27. The summed E-state index contributed by atoms with van der Waals surface area (Å²) >= 11 is 0. The molecular weight excluding hydrogens is 508 g/mol. The molecule has 0 aromatic heterocycles. The average molecular weight is 571 g/mol. The summed E-state index contributed by atoms with van der Waals surface area (Å²) in [7, 11) is 0. The Labute approximate surface area is 252 Å². The zero-order valence-electron chi connectivity index (χ0n) is 27.2. The molecule has 4 aliphatic rings. The van der Waals surface area contributed by atoms with Crippen LogP contribution in [0.2, 0.25) is 0 Å². The fraction of sp³-hybridized carbons (Fsp3) is 0.892. The van der Waals surface area contributed by atoms with Gasteiger partial charge < -0.3 is 9.47 Å². The van der Waals surface area contributed by atoms with Crippen molar-refractivity contribution in [2.75, 3.05) is 0 Å². The maximum absolute atomic E-state index is 12.9. The molecule has 0 aromatic rings. The molecule has 4 rings (SSSR count). The van der Waals surface area contributed by atoms with Gasteiger partial charge in [-0.1, -0.05) is 109 Å². The molecule has 0 heterocycles. The van der Waals surface area contributed by atoms with Crippen LogP contribution in [-0.4, -0.2) is 24.1 Å². The van der Waals surface area contributed by atoms with Gasteiger partial charge in [0.15, 0.2) is 0 Å². The van der Waals surface area contributed by atoms with Gasteiger partial charge in [0.05, 0.1) is 0 Å². The zero-order chi connectivity index (χ0) is 29.3. The third-order valence-corrected chi connectivity index (χ3v) is 12.1. The maximum Gasteiger partial charge on any atom is 0.306 e. The third kappa shape index (κ3) is 8.20. The van der Waals surface area contributed by atoms with E-state index >= 15 is 0 Å². The van der Waals surface area contributed by atoms with E-state index in [1.165, 1.54) is 96.8 Å². The molecule has 3 saturated carbocycles. The maximum atomic E-state index is 12.9. The topological polar surface area (TPSA) is 52.6 Å². The molecule has 0 bridgehead atoms. The van der Waals surface area contributed by atoms with Crippen LogP contribution in [0.4, 0.5) is 0 Å². The van der Waals surface area contributed by atoms with Crippen molar-refractivity contribution < 1.29 is 19.1 Å². The highest BCUT2D eigenvalue weighted by Gasteiger charge is 2.59. The molecular formula is C37H62O4. The number of hydrogen-bond donors (Lipinski definition) is 0. The molecule has 2 unspecified atom stereocenters. The van der Waals surface area contributed by atoms with E-state index in [-0.39, 0.29) is 35.0 Å². The number of carbonyl (C=O) groups is 2. The molecule has 3 fully saturated rings. The van der Waals surface area contributed by atoms with Crippen LogP contribution in [-0.2, 0) is 19.1 Å². The van der Waals surface area contributed by atoms with Gasteiger partial charge in [-0.15, -0.1) is 0 Å². The standard InChI is InChI=1S/C37H62O4/c1-5-6-7-8-9-10-11-12-13-14-15-16-17-18-35(39)41-34-22-21-32-31-20-19-29-27-30(40-28(2)38)23-25-36(29,3)33(31)24-26-37(32,34)4/h19,30-34H,5-18,20-27H2,1-4H3/t30?,31-,32-,33-,34?,36-,37-/m0/s1. The minimum absolute atomic E-state index is 0.0450. The SMILES string of the molecule is CCCCCCCCCCCCCCCC(=O)OC1CC[C@H]2[C@@H]3CC=C4CC(OC(C)=O)CC[C@]4(C)[C@H]3CC[C@]12C. The van der Waals surface area contributed by atoms with Gasteiger partial charge >= 0.3 is 11.9 Å². The predicted octanol–water partition coefficient (Wildman–Crippen LogP) is 10.3. The van der Waals surface area contributed by atoms with Gasteiger partial charge in [0.25, 0.3) is 0 Å². The number of esters is 2. The first kappa shape index (κ1) is 32.6. The van der Waals surface area contributed by atoms with Crippen molar-refractivity contribution in [3.05, 3.63) is 11.6 Å². The molecule has 7 atom stereocenters. The Morgan fingerprint density at radius 3 is 2.05 bits per heavy atom. The fourth-order valence-corrected chi connectivity index (χ4v) is 9.61. The molecule has 41 heavy (non-hydrogen) atoms. The first-order valence-corrected chi connectivity index (χ1v) is 17.8. The summed E-state index contributed by atoms with van der Waals surface area (Å²) in [6.07, 6.45) is 29.3. The Morgan fingerprint density at radius 2 is 1.41 bits per heavy atom. The lowest BCUT2D eigenvalue weighted by Crippen LogP contribution is -2.51. The molecule has 0 aliphatic heterocycles. The van der Waals surface area contributed by atoms with E-state index in [1.54, 1.807) is 5.57 Å². The van der Waals surface area contributed by atoms with E-state index in [2.05, 4.69) is 26.8 Å². The Hall–Kier alpha value is -1.32. The van der Waals surface area contributed by atoms with Crippen molar-refractivity contribution in [1.82, 2.24) is 0 Å². The number of hydrogen-bond acceptors (Lipinski definition) is 4. The van der Waals surface area contributed by atoms with Gasteiger partial charge in [-0.05, 0) is 74.5 Å². The lowest BCUT2D eigenvalue weighted by molar-refractivity contribution is -0.159. The summed E-state index contributed by atoms with van der Waals surface area (Å²) in [5.74, 6) is 1.94. The quantitative estimate of drug-likeness (QED) is 0.105. The molecule has 234 valence electrons. The summed E-state index contributed by atoms with van der Waals surface area (Å²) in [5.41, 5.74) is 1.91. The lowest BCUT2D eigenvalue weighted by Gasteiger charge is -2.57. The van der Waals surface area contributed by atoms with Crippen LogP contribution in [0.3, 0.4) is 0 Å². The number of unbranched alkanes of at least 4 members (excludes halogenated alkanes) is 12. The van der Waals surface area contributed by atoms with Crippen LogP contribution < -0.4 is 0 Å². The van der Waals surface area contributed by atoms with E-state index in [4.69, 9.17) is 9.47 Å². The zero-order valence-corrected chi connectivity index (χ0v) is 27.2. The molecule has 4 nitrogen and oxygen atoms in total. The second-order valence-electron chi connectivity index (χ2n) is 14.8. The molecule has 0 saturated heterocycles. The largest absolute Gasteiger partial charge is 0.462 e. The van der Waals surface area contributed by atoms with Crippen LogP contribution in [0.25, 0.3) is 0 Å². The summed E-state index contributed by atoms with van der Waals surface area (Å²) in [5, 5.41) is 0. The first-order chi connectivity index (χ1) is 19.8. The highest BCUT2D eigenvalue weighted by molar-refractivity contribution is 5.69. The second-order valence-corrected chi connectivity index (χ2v) is 14.8. The summed E-state index contributed by atoms with van der Waals surface area (Å²) in [6, 6.07) is 0. The minimum Gasteiger partial charge on any atom is -0.462 e. The smallest absolute Gasteiger partial charge is 0.306 e. The molecule has 0 spiro atoms. The summed E-state index contributed by atoms with van der Waals surface area (Å²) in [4.78, 5) is 24.4. The van der Waals surface area contributed by atoms with E-state index in [1.807, 2.05) is 0 Å². The molecule has 0 radical (unpaired) electrons. The van der Waals surface area contributed by atoms with E-state index in [0.29, 0.717) is 24.2 Å². The van der Waals surface area contributed by atoms with Crippen molar-refractivity contribution in [3.63, 3.8) is 0 Å². The van der Waals surface area contributed by atoms with Gasteiger partial charge in [0.2, 0.25) is 0 Å². The number of ether oxygens (including phenoxy) is 2. The Balaban J connectivity index is 1.14. The van der Waals surface area contributed by atoms with Crippen LogP contribution in [0, 0.1) is 28.6 Å². The van der Waals surface area contributed by atoms with Crippen LogP contribution in [0.15, 0.2) is 11.6 Å². The van der Waals surface area contributed by atoms with Crippen molar-refractivity contribution in [2.45, 2.75) is 181 Å². The van der Waals surface area contributed by atoms with Crippen molar-refractivity contribution >= 4 is 11.9 Å². The highest BCUT2D eigenvalue weighted by atomic mass is 16.5. The monoisotopic (exact) mass is 570 g/mol. The molecule has 0 aromatic carbocycles. The van der Waals surface area contributed by atoms with Crippen molar-refractivity contribution in [3.8, 4) is 0 Å². The normalized spacial score (nSPS) is 34.2. The van der Waals surface area contributed by atoms with Gasteiger partial charge in [-0.25, -0.2) is 0 Å². The second kappa shape index (κ2) is 15.4. The number of allylic oxidation sites excluding steroid dienone is 1. The van der Waals surface area contributed by atoms with Crippen LogP contribution >= 0.6 is 0 Å². The molecule has 4 heteroatoms. The lowest BCUT2D eigenvalue weighted by atomic mass is 9.48. The summed E-state index contributed by atoms with van der Waals surface area (Å²) < 4.78 is 11.9. The van der Waals surface area contributed by atoms with E-state index in [0.717, 1.165) is 44.9 Å². The highest BCUT2D eigenvalue weighted by Crippen LogP contribution is 2.65. The Bertz CT molecular complexity index is 878. The Morgan fingerprint density at radius 1 is 0.780 bits per heavy atom. The van der Waals surface area contributed by atoms with E-state index < -0.39 is 0 Å². The van der Waals surface area contributed by atoms with Gasteiger partial charge in [0, 0.05) is 25.2 Å². The summed E-state index contributed by atoms with van der Waals surface area (Å²) in [6.45, 7) is 8.74. The first-order valence-electron chi connectivity index (χ1n) is 17.8. The van der Waals surface area contributed by atoms with Crippen molar-refractivity contribution in [2.24, 2.45) is 28.6 Å². The predicted molar refractivity (Wildman–Crippen MR) is 167 cm³/mol. The van der Waals surface area contributed by atoms with Gasteiger partial charge in [-0.2, -0.15) is 0 Å². The van der Waals surface area contributed by atoms with Gasteiger partial charge in [-0.3, -0.25) is 9.59 Å². The minimum atomic E-state index is -0.151. The third-order valence-electron chi connectivity index (χ3n) is 12.1. The Kier molecular flexibility index (Phi) is 12.3. The number of rotatable bonds is 16. The molecule has 0 N–H and O–H groups in total. The fourth-order valence-electron chi connectivity index (χ4n) is 9.61. The van der Waals surface area contributed by atoms with Gasteiger partial charge in [0.1, 0.15) is 12.2 Å². The molecule has 0 amide bonds. The number of carbonyl (C=O) groups excluding carboxylic acids is 2. The van der Waals surface area contributed by atoms with Crippen LogP contribution in [0.5, 0.6) is 0 Å². The van der Waals surface area contributed by atoms with E-state index in [9.17, 15) is 9.59 Å². The number of fused-ring (bicyclic) bond motifs is 5.